The minimum absolute atomic E-state index is 0.0646. The number of rotatable bonds is 5. The topological polar surface area (TPSA) is 134 Å². The van der Waals surface area contributed by atoms with E-state index in [1.54, 1.807) is 12.1 Å². The lowest BCUT2D eigenvalue weighted by Gasteiger charge is -2.35. The van der Waals surface area contributed by atoms with Crippen molar-refractivity contribution in [3.8, 4) is 11.3 Å². The van der Waals surface area contributed by atoms with Crippen molar-refractivity contribution in [2.24, 2.45) is 16.5 Å². The summed E-state index contributed by atoms with van der Waals surface area (Å²) in [4.78, 5) is 28.1. The van der Waals surface area contributed by atoms with Crippen LogP contribution in [0.25, 0.3) is 22.2 Å². The molecule has 0 amide bonds. The molecule has 31 heavy (non-hydrogen) atoms. The van der Waals surface area contributed by atoms with E-state index in [2.05, 4.69) is 25.9 Å². The Balaban J connectivity index is 1.70. The van der Waals surface area contributed by atoms with Gasteiger partial charge in [-0.25, -0.2) is 9.97 Å². The van der Waals surface area contributed by atoms with Gasteiger partial charge in [-0.15, -0.1) is 0 Å². The second-order valence-electron chi connectivity index (χ2n) is 7.28. The van der Waals surface area contributed by atoms with Gasteiger partial charge in [0.05, 0.1) is 17.8 Å². The molecular weight excluding hydrogens is 418 g/mol. The van der Waals surface area contributed by atoms with Crippen molar-refractivity contribution >= 4 is 46.1 Å². The van der Waals surface area contributed by atoms with Gasteiger partial charge in [-0.2, -0.15) is 4.99 Å². The molecule has 0 unspecified atom stereocenters. The second kappa shape index (κ2) is 8.75. The predicted octanol–water partition coefficient (Wildman–Crippen LogP) is 2.06. The molecule has 1 aliphatic heterocycles. The third-order valence-electron chi connectivity index (χ3n) is 5.09. The molecule has 3 aromatic rings. The Morgan fingerprint density at radius 1 is 1.10 bits per heavy atom. The number of anilines is 1. The lowest BCUT2D eigenvalue weighted by atomic mass is 10.1. The summed E-state index contributed by atoms with van der Waals surface area (Å²) in [7, 11) is 0. The summed E-state index contributed by atoms with van der Waals surface area (Å²) in [5.74, 6) is -0.744. The van der Waals surface area contributed by atoms with E-state index in [4.69, 9.17) is 28.2 Å². The van der Waals surface area contributed by atoms with Crippen molar-refractivity contribution in [3.05, 3.63) is 47.5 Å². The number of carbonyl (C=O) groups is 1. The molecule has 160 valence electrons. The largest absolute Gasteiger partial charge is 0.480 e. The zero-order chi connectivity index (χ0) is 22.0. The second-order valence-corrected chi connectivity index (χ2v) is 7.71. The van der Waals surface area contributed by atoms with Gasteiger partial charge in [0.25, 0.3) is 5.95 Å². The molecular formula is C21H22ClN7O2. The molecule has 5 N–H and O–H groups in total. The fraction of sp³-hybridized carbons (Fsp3) is 0.238. The predicted molar refractivity (Wildman–Crippen MR) is 122 cm³/mol. The number of carboxylic acid groups (broad SMARTS) is 1. The van der Waals surface area contributed by atoms with Crippen LogP contribution in [0, 0.1) is 0 Å². The zero-order valence-electron chi connectivity index (χ0n) is 16.7. The molecule has 2 heterocycles. The highest BCUT2D eigenvalue weighted by Crippen LogP contribution is 2.32. The fourth-order valence-corrected chi connectivity index (χ4v) is 3.85. The van der Waals surface area contributed by atoms with Crippen LogP contribution < -0.4 is 16.4 Å². The lowest BCUT2D eigenvalue weighted by Crippen LogP contribution is -2.47. The van der Waals surface area contributed by atoms with Gasteiger partial charge in [-0.1, -0.05) is 23.7 Å². The van der Waals surface area contributed by atoms with Crippen LogP contribution in [0.3, 0.4) is 0 Å². The average Bonchev–Trinajstić information content (AvgIpc) is 2.73. The molecule has 2 aromatic carbocycles. The van der Waals surface area contributed by atoms with E-state index in [0.717, 1.165) is 29.7 Å². The number of hydrogen-bond acceptors (Lipinski definition) is 6. The number of aromatic nitrogens is 2. The van der Waals surface area contributed by atoms with E-state index < -0.39 is 5.97 Å². The summed E-state index contributed by atoms with van der Waals surface area (Å²) in [5.41, 5.74) is 14.3. The minimum atomic E-state index is -0.804. The molecule has 4 rings (SSSR count). The van der Waals surface area contributed by atoms with Gasteiger partial charge in [0.15, 0.2) is 5.96 Å². The van der Waals surface area contributed by atoms with Gasteiger partial charge in [0.1, 0.15) is 0 Å². The van der Waals surface area contributed by atoms with Gasteiger partial charge >= 0.3 is 5.97 Å². The maximum absolute atomic E-state index is 10.9. The number of nitrogens with two attached hydrogens (primary N) is 2. The quantitative estimate of drug-likeness (QED) is 0.406. The number of nitrogens with zero attached hydrogens (tertiary/aromatic N) is 5. The van der Waals surface area contributed by atoms with Gasteiger partial charge in [0.2, 0.25) is 0 Å². The van der Waals surface area contributed by atoms with Crippen LogP contribution in [0.4, 0.5) is 11.6 Å². The summed E-state index contributed by atoms with van der Waals surface area (Å²) in [6.45, 7) is 2.93. The van der Waals surface area contributed by atoms with E-state index in [0.29, 0.717) is 29.3 Å². The first-order chi connectivity index (χ1) is 14.9. The first-order valence-electron chi connectivity index (χ1n) is 9.75. The van der Waals surface area contributed by atoms with Crippen LogP contribution in [0.15, 0.2) is 47.5 Å². The first-order valence-corrected chi connectivity index (χ1v) is 10.1. The van der Waals surface area contributed by atoms with E-state index in [1.807, 2.05) is 29.2 Å². The van der Waals surface area contributed by atoms with Crippen molar-refractivity contribution in [3.63, 3.8) is 0 Å². The maximum atomic E-state index is 10.9. The van der Waals surface area contributed by atoms with Gasteiger partial charge < -0.3 is 21.5 Å². The van der Waals surface area contributed by atoms with Crippen molar-refractivity contribution in [2.45, 2.75) is 0 Å². The van der Waals surface area contributed by atoms with E-state index in [-0.39, 0.29) is 18.5 Å². The number of aliphatic imine (C=N–C) groups is 1. The van der Waals surface area contributed by atoms with Crippen LogP contribution in [0.2, 0.25) is 5.02 Å². The van der Waals surface area contributed by atoms with E-state index in [1.165, 1.54) is 0 Å². The van der Waals surface area contributed by atoms with E-state index in [9.17, 15) is 4.79 Å². The SMILES string of the molecule is NC(N)=Nc1nc(-c2cccc(N3CCN(CC(=O)O)CC3)c2)c2cc(Cl)ccc2n1. The lowest BCUT2D eigenvalue weighted by molar-refractivity contribution is -0.138. The zero-order valence-corrected chi connectivity index (χ0v) is 17.5. The maximum Gasteiger partial charge on any atom is 0.317 e. The molecule has 1 fully saturated rings. The molecule has 0 aliphatic carbocycles. The Labute approximate surface area is 184 Å². The van der Waals surface area contributed by atoms with Gasteiger partial charge in [-0.05, 0) is 30.3 Å². The number of piperazine rings is 1. The van der Waals surface area contributed by atoms with Crippen LogP contribution in [0.5, 0.6) is 0 Å². The standard InChI is InChI=1S/C21H22ClN7O2/c22-14-4-5-17-16(11-14)19(26-21(25-17)27-20(23)24)13-2-1-3-15(10-13)29-8-6-28(7-9-29)12-18(30)31/h1-5,10-11H,6-9,12H2,(H,30,31)(H4,23,24,25,26,27). The molecule has 0 radical (unpaired) electrons. The average molecular weight is 440 g/mol. The third kappa shape index (κ3) is 4.84. The highest BCUT2D eigenvalue weighted by atomic mass is 35.5. The molecule has 1 saturated heterocycles. The number of halogens is 1. The Morgan fingerprint density at radius 2 is 1.87 bits per heavy atom. The summed E-state index contributed by atoms with van der Waals surface area (Å²) in [6, 6.07) is 13.4. The van der Waals surface area contributed by atoms with Crippen molar-refractivity contribution < 1.29 is 9.90 Å². The molecule has 10 heteroatoms. The van der Waals surface area contributed by atoms with Crippen LogP contribution in [-0.4, -0.2) is 64.6 Å². The molecule has 0 spiro atoms. The molecule has 0 bridgehead atoms. The number of carboxylic acids is 1. The third-order valence-corrected chi connectivity index (χ3v) is 5.33. The minimum Gasteiger partial charge on any atom is -0.480 e. The van der Waals surface area contributed by atoms with Crippen LogP contribution in [-0.2, 0) is 4.79 Å². The number of guanidine groups is 1. The monoisotopic (exact) mass is 439 g/mol. The molecule has 1 aromatic heterocycles. The van der Waals surface area contributed by atoms with E-state index >= 15 is 0 Å². The highest BCUT2D eigenvalue weighted by Gasteiger charge is 2.20. The fourth-order valence-electron chi connectivity index (χ4n) is 3.68. The summed E-state index contributed by atoms with van der Waals surface area (Å²) in [5, 5.41) is 10.4. The smallest absolute Gasteiger partial charge is 0.317 e. The summed E-state index contributed by atoms with van der Waals surface area (Å²) in [6.07, 6.45) is 0. The molecule has 0 atom stereocenters. The van der Waals surface area contributed by atoms with Crippen LogP contribution >= 0.6 is 11.6 Å². The first kappa shape index (κ1) is 20.8. The van der Waals surface area contributed by atoms with Crippen molar-refractivity contribution in [1.82, 2.24) is 14.9 Å². The number of aliphatic carboxylic acids is 1. The van der Waals surface area contributed by atoms with Crippen molar-refractivity contribution in [2.75, 3.05) is 37.6 Å². The van der Waals surface area contributed by atoms with Gasteiger partial charge in [-0.3, -0.25) is 9.69 Å². The molecule has 0 saturated carbocycles. The number of hydrogen-bond donors (Lipinski definition) is 3. The Hall–Kier alpha value is -3.43. The Bertz CT molecular complexity index is 1160. The Kier molecular flexibility index (Phi) is 5.88. The normalized spacial score (nSPS) is 14.5. The Morgan fingerprint density at radius 3 is 2.58 bits per heavy atom. The molecule has 9 nitrogen and oxygen atoms in total. The summed E-state index contributed by atoms with van der Waals surface area (Å²) < 4.78 is 0. The van der Waals surface area contributed by atoms with Crippen molar-refractivity contribution in [1.29, 1.82) is 0 Å². The van der Waals surface area contributed by atoms with Gasteiger partial charge in [0, 0.05) is 47.8 Å². The summed E-state index contributed by atoms with van der Waals surface area (Å²) >= 11 is 6.23. The number of fused-ring (bicyclic) bond motifs is 1. The number of benzene rings is 2. The highest BCUT2D eigenvalue weighted by molar-refractivity contribution is 6.31. The van der Waals surface area contributed by atoms with Crippen LogP contribution in [0.1, 0.15) is 0 Å². The molecule has 1 aliphatic rings.